The number of hydrogen-bond acceptors (Lipinski definition) is 2. The van der Waals surface area contributed by atoms with Gasteiger partial charge in [0.05, 0.1) is 5.56 Å². The summed E-state index contributed by atoms with van der Waals surface area (Å²) in [4.78, 5) is 5.05. The summed E-state index contributed by atoms with van der Waals surface area (Å²) in [6.45, 7) is 4.70. The predicted molar refractivity (Wildman–Crippen MR) is 183 cm³/mol. The maximum absolute atomic E-state index is 6.53. The largest absolute Gasteiger partial charge is 0.436 e. The fraction of sp³-hybridized carbons (Fsp3) is 0.0714. The first-order valence-corrected chi connectivity index (χ1v) is 15.2. The number of fused-ring (bicyclic) bond motifs is 6. The summed E-state index contributed by atoms with van der Waals surface area (Å²) in [6.07, 6.45) is 0. The molecule has 0 saturated carbocycles. The molecular formula is C42H29NO. The summed E-state index contributed by atoms with van der Waals surface area (Å²) < 4.78 is 6.53. The number of rotatable bonds is 3. The molecule has 0 fully saturated rings. The van der Waals surface area contributed by atoms with Gasteiger partial charge in [-0.15, -0.1) is 0 Å². The molecule has 0 aliphatic heterocycles. The Hall–Kier alpha value is -5.47. The van der Waals surface area contributed by atoms with Gasteiger partial charge in [0.15, 0.2) is 5.58 Å². The molecular weight excluding hydrogens is 534 g/mol. The first kappa shape index (κ1) is 25.1. The van der Waals surface area contributed by atoms with Crippen LogP contribution in [0.3, 0.4) is 0 Å². The van der Waals surface area contributed by atoms with Crippen LogP contribution in [0.5, 0.6) is 0 Å². The Morgan fingerprint density at radius 2 is 1.09 bits per heavy atom. The Balaban J connectivity index is 1.48. The second-order valence-electron chi connectivity index (χ2n) is 12.3. The molecule has 1 heterocycles. The molecule has 2 heteroatoms. The molecule has 7 aromatic carbocycles. The molecule has 1 aliphatic carbocycles. The minimum Gasteiger partial charge on any atom is -0.436 e. The molecule has 9 rings (SSSR count). The third-order valence-corrected chi connectivity index (χ3v) is 9.51. The van der Waals surface area contributed by atoms with Crippen LogP contribution in [0.4, 0.5) is 0 Å². The molecule has 0 unspecified atom stereocenters. The predicted octanol–water partition coefficient (Wildman–Crippen LogP) is 11.4. The van der Waals surface area contributed by atoms with Crippen LogP contribution >= 0.6 is 0 Å². The van der Waals surface area contributed by atoms with Crippen LogP contribution in [-0.4, -0.2) is 4.98 Å². The van der Waals surface area contributed by atoms with Gasteiger partial charge in [-0.25, -0.2) is 4.98 Å². The van der Waals surface area contributed by atoms with Crippen molar-refractivity contribution in [3.8, 4) is 44.8 Å². The van der Waals surface area contributed by atoms with Gasteiger partial charge < -0.3 is 4.42 Å². The van der Waals surface area contributed by atoms with E-state index in [1.54, 1.807) is 0 Å². The van der Waals surface area contributed by atoms with Crippen molar-refractivity contribution in [2.75, 3.05) is 0 Å². The van der Waals surface area contributed by atoms with Gasteiger partial charge in [0, 0.05) is 5.41 Å². The molecule has 0 N–H and O–H groups in total. The monoisotopic (exact) mass is 563 g/mol. The molecule has 208 valence electrons. The van der Waals surface area contributed by atoms with Crippen LogP contribution in [0.15, 0.2) is 144 Å². The van der Waals surface area contributed by atoms with Crippen molar-refractivity contribution >= 4 is 32.6 Å². The molecule has 0 radical (unpaired) electrons. The lowest BCUT2D eigenvalue weighted by atomic mass is 9.79. The van der Waals surface area contributed by atoms with Gasteiger partial charge in [-0.05, 0) is 90.3 Å². The first-order chi connectivity index (χ1) is 21.6. The summed E-state index contributed by atoms with van der Waals surface area (Å²) in [7, 11) is 0. The Kier molecular flexibility index (Phi) is 5.28. The van der Waals surface area contributed by atoms with Crippen LogP contribution < -0.4 is 0 Å². The van der Waals surface area contributed by atoms with Gasteiger partial charge in [0.1, 0.15) is 5.52 Å². The molecule has 0 bridgehead atoms. The molecule has 44 heavy (non-hydrogen) atoms. The van der Waals surface area contributed by atoms with Crippen molar-refractivity contribution in [1.82, 2.24) is 4.98 Å². The van der Waals surface area contributed by atoms with Gasteiger partial charge in [-0.1, -0.05) is 129 Å². The summed E-state index contributed by atoms with van der Waals surface area (Å²) in [6, 6.07) is 50.0. The lowest BCUT2D eigenvalue weighted by molar-refractivity contribution is 0.621. The third-order valence-electron chi connectivity index (χ3n) is 9.51. The molecule has 2 nitrogen and oxygen atoms in total. The summed E-state index contributed by atoms with van der Waals surface area (Å²) in [5.74, 6) is 0.654. The number of oxazole rings is 1. The van der Waals surface area contributed by atoms with Gasteiger partial charge in [-0.3, -0.25) is 0 Å². The summed E-state index contributed by atoms with van der Waals surface area (Å²) >= 11 is 0. The van der Waals surface area contributed by atoms with Gasteiger partial charge in [0.25, 0.3) is 0 Å². The Morgan fingerprint density at radius 1 is 0.477 bits per heavy atom. The van der Waals surface area contributed by atoms with Gasteiger partial charge >= 0.3 is 0 Å². The van der Waals surface area contributed by atoms with Crippen molar-refractivity contribution in [3.05, 3.63) is 151 Å². The standard InChI is InChI=1S/C42H29NO/c1-42(2)35-21-11-10-17-28(35)32-24-33-34(25-36(32)42)39(29-18-7-6-16-27(29)26-14-4-3-5-15-26)30-19-8-9-20-31(30)40(33)41-43-37-22-12-13-23-38(37)44-41/h3-25H,1-2H3. The second kappa shape index (κ2) is 9.26. The molecule has 8 aromatic rings. The molecule has 1 aliphatic rings. The average molecular weight is 564 g/mol. The number of hydrogen-bond donors (Lipinski definition) is 0. The fourth-order valence-corrected chi connectivity index (χ4v) is 7.44. The van der Waals surface area contributed by atoms with E-state index in [9.17, 15) is 0 Å². The maximum atomic E-state index is 6.53. The zero-order chi connectivity index (χ0) is 29.4. The van der Waals surface area contributed by atoms with E-state index in [2.05, 4.69) is 129 Å². The molecule has 0 atom stereocenters. The zero-order valence-electron chi connectivity index (χ0n) is 24.6. The van der Waals surface area contributed by atoms with E-state index in [4.69, 9.17) is 9.40 Å². The van der Waals surface area contributed by atoms with E-state index in [1.807, 2.05) is 24.3 Å². The van der Waals surface area contributed by atoms with Crippen molar-refractivity contribution in [2.45, 2.75) is 19.3 Å². The average Bonchev–Trinajstić information content (AvgIpc) is 3.59. The number of para-hydroxylation sites is 2. The van der Waals surface area contributed by atoms with Crippen molar-refractivity contribution in [3.63, 3.8) is 0 Å². The molecule has 0 saturated heterocycles. The molecule has 1 aromatic heterocycles. The zero-order valence-corrected chi connectivity index (χ0v) is 24.6. The third kappa shape index (κ3) is 3.52. The SMILES string of the molecule is CC1(C)c2ccccc2-c2cc3c(-c4nc5ccccc5o4)c4ccccc4c(-c4ccccc4-c4ccccc4)c3cc21. The number of nitrogens with zero attached hydrogens (tertiary/aromatic N) is 1. The van der Waals surface area contributed by atoms with E-state index < -0.39 is 0 Å². The quantitative estimate of drug-likeness (QED) is 0.200. The van der Waals surface area contributed by atoms with E-state index in [0.29, 0.717) is 5.89 Å². The van der Waals surface area contributed by atoms with Crippen molar-refractivity contribution in [2.24, 2.45) is 0 Å². The number of benzene rings is 7. The van der Waals surface area contributed by atoms with E-state index in [1.165, 1.54) is 55.3 Å². The lowest BCUT2D eigenvalue weighted by Crippen LogP contribution is -2.14. The minimum atomic E-state index is -0.125. The Morgan fingerprint density at radius 3 is 1.89 bits per heavy atom. The topological polar surface area (TPSA) is 26.0 Å². The van der Waals surface area contributed by atoms with Crippen molar-refractivity contribution in [1.29, 1.82) is 0 Å². The summed E-state index contributed by atoms with van der Waals surface area (Å²) in [5, 5.41) is 4.69. The summed E-state index contributed by atoms with van der Waals surface area (Å²) in [5.41, 5.74) is 12.8. The van der Waals surface area contributed by atoms with Crippen LogP contribution in [0.1, 0.15) is 25.0 Å². The first-order valence-electron chi connectivity index (χ1n) is 15.2. The highest BCUT2D eigenvalue weighted by molar-refractivity contribution is 6.23. The van der Waals surface area contributed by atoms with E-state index in [0.717, 1.165) is 27.4 Å². The molecule has 0 spiro atoms. The highest BCUT2D eigenvalue weighted by Crippen LogP contribution is 2.53. The minimum absolute atomic E-state index is 0.125. The Labute approximate surface area is 256 Å². The normalized spacial score (nSPS) is 13.4. The van der Waals surface area contributed by atoms with Crippen LogP contribution in [0.2, 0.25) is 0 Å². The van der Waals surface area contributed by atoms with Crippen LogP contribution in [-0.2, 0) is 5.41 Å². The van der Waals surface area contributed by atoms with Crippen molar-refractivity contribution < 1.29 is 4.42 Å². The van der Waals surface area contributed by atoms with Crippen LogP contribution in [0.25, 0.3) is 77.5 Å². The van der Waals surface area contributed by atoms with Crippen LogP contribution in [0, 0.1) is 0 Å². The number of aromatic nitrogens is 1. The molecule has 0 amide bonds. The van der Waals surface area contributed by atoms with E-state index in [-0.39, 0.29) is 5.41 Å². The highest BCUT2D eigenvalue weighted by Gasteiger charge is 2.36. The maximum Gasteiger partial charge on any atom is 0.228 e. The lowest BCUT2D eigenvalue weighted by Gasteiger charge is -2.24. The fourth-order valence-electron chi connectivity index (χ4n) is 7.44. The van der Waals surface area contributed by atoms with Gasteiger partial charge in [-0.2, -0.15) is 0 Å². The highest BCUT2D eigenvalue weighted by atomic mass is 16.3. The second-order valence-corrected chi connectivity index (χ2v) is 12.3. The van der Waals surface area contributed by atoms with E-state index >= 15 is 0 Å². The smallest absolute Gasteiger partial charge is 0.228 e. The Bertz CT molecular complexity index is 2380. The van der Waals surface area contributed by atoms with Gasteiger partial charge in [0.2, 0.25) is 5.89 Å².